The molecule has 0 saturated heterocycles. The maximum atomic E-state index is 13.2. The fraction of sp³-hybridized carbons (Fsp3) is 0.125. The SMILES string of the molecule is CCC(=O)Nc1ccc2oc(-c3cccc(F)c3)nc2c1. The summed E-state index contributed by atoms with van der Waals surface area (Å²) in [6, 6.07) is 11.3. The van der Waals surface area contributed by atoms with Crippen LogP contribution in [0.3, 0.4) is 0 Å². The van der Waals surface area contributed by atoms with E-state index >= 15 is 0 Å². The maximum absolute atomic E-state index is 13.2. The number of carbonyl (C=O) groups excluding carboxylic acids is 1. The Bertz CT molecular complexity index is 811. The van der Waals surface area contributed by atoms with Crippen molar-refractivity contribution in [3.05, 3.63) is 48.3 Å². The number of benzene rings is 2. The summed E-state index contributed by atoms with van der Waals surface area (Å²) >= 11 is 0. The van der Waals surface area contributed by atoms with Crippen molar-refractivity contribution in [1.82, 2.24) is 4.98 Å². The predicted octanol–water partition coefficient (Wildman–Crippen LogP) is 3.98. The molecular formula is C16H13FN2O2. The van der Waals surface area contributed by atoms with Gasteiger partial charge in [0, 0.05) is 17.7 Å². The number of carbonyl (C=O) groups is 1. The predicted molar refractivity (Wildman–Crippen MR) is 78.3 cm³/mol. The summed E-state index contributed by atoms with van der Waals surface area (Å²) < 4.78 is 18.8. The third kappa shape index (κ3) is 2.76. The first kappa shape index (κ1) is 13.3. The number of amides is 1. The normalized spacial score (nSPS) is 10.8. The summed E-state index contributed by atoms with van der Waals surface area (Å²) in [5.41, 5.74) is 2.44. The van der Waals surface area contributed by atoms with Gasteiger partial charge in [-0.05, 0) is 36.4 Å². The molecule has 0 aliphatic rings. The Morgan fingerprint density at radius 1 is 1.29 bits per heavy atom. The van der Waals surface area contributed by atoms with Crippen LogP contribution in [0.4, 0.5) is 10.1 Å². The summed E-state index contributed by atoms with van der Waals surface area (Å²) in [5.74, 6) is -0.0580. The molecule has 0 aliphatic carbocycles. The Balaban J connectivity index is 1.98. The highest BCUT2D eigenvalue weighted by atomic mass is 19.1. The molecular weight excluding hydrogens is 271 g/mol. The molecule has 106 valence electrons. The fourth-order valence-electron chi connectivity index (χ4n) is 2.00. The van der Waals surface area contributed by atoms with Crippen LogP contribution in [0.1, 0.15) is 13.3 Å². The molecule has 5 heteroatoms. The molecule has 0 aliphatic heterocycles. The van der Waals surface area contributed by atoms with Crippen molar-refractivity contribution in [3.8, 4) is 11.5 Å². The molecule has 1 amide bonds. The fourth-order valence-corrected chi connectivity index (χ4v) is 2.00. The smallest absolute Gasteiger partial charge is 0.227 e. The third-order valence-corrected chi connectivity index (χ3v) is 3.06. The number of aromatic nitrogens is 1. The molecule has 1 aromatic heterocycles. The van der Waals surface area contributed by atoms with Gasteiger partial charge in [0.05, 0.1) is 0 Å². The van der Waals surface area contributed by atoms with Crippen molar-refractivity contribution in [3.63, 3.8) is 0 Å². The lowest BCUT2D eigenvalue weighted by Crippen LogP contribution is -2.08. The Hall–Kier alpha value is -2.69. The van der Waals surface area contributed by atoms with Crippen molar-refractivity contribution in [1.29, 1.82) is 0 Å². The van der Waals surface area contributed by atoms with E-state index in [9.17, 15) is 9.18 Å². The molecule has 1 heterocycles. The van der Waals surface area contributed by atoms with Crippen LogP contribution in [0.15, 0.2) is 46.9 Å². The standard InChI is InChI=1S/C16H13FN2O2/c1-2-15(20)18-12-6-7-14-13(9-12)19-16(21-14)10-4-3-5-11(17)8-10/h3-9H,2H2,1H3,(H,18,20). The van der Waals surface area contributed by atoms with Gasteiger partial charge >= 0.3 is 0 Å². The van der Waals surface area contributed by atoms with E-state index < -0.39 is 0 Å². The van der Waals surface area contributed by atoms with E-state index in [1.54, 1.807) is 37.3 Å². The zero-order chi connectivity index (χ0) is 14.8. The lowest BCUT2D eigenvalue weighted by atomic mass is 10.2. The maximum Gasteiger partial charge on any atom is 0.227 e. The second kappa shape index (κ2) is 5.36. The Morgan fingerprint density at radius 2 is 2.14 bits per heavy atom. The van der Waals surface area contributed by atoms with Gasteiger partial charge in [-0.25, -0.2) is 9.37 Å². The molecule has 0 unspecified atom stereocenters. The Labute approximate surface area is 120 Å². The lowest BCUT2D eigenvalue weighted by Gasteiger charge is -2.01. The molecule has 4 nitrogen and oxygen atoms in total. The topological polar surface area (TPSA) is 55.1 Å². The summed E-state index contributed by atoms with van der Waals surface area (Å²) in [5, 5.41) is 2.76. The zero-order valence-electron chi connectivity index (χ0n) is 11.4. The molecule has 0 fully saturated rings. The van der Waals surface area contributed by atoms with Gasteiger partial charge in [0.2, 0.25) is 11.8 Å². The van der Waals surface area contributed by atoms with Gasteiger partial charge < -0.3 is 9.73 Å². The van der Waals surface area contributed by atoms with Crippen LogP contribution in [0.2, 0.25) is 0 Å². The van der Waals surface area contributed by atoms with E-state index in [4.69, 9.17) is 4.42 Å². The first-order valence-corrected chi connectivity index (χ1v) is 6.62. The van der Waals surface area contributed by atoms with E-state index in [1.807, 2.05) is 0 Å². The molecule has 1 N–H and O–H groups in total. The molecule has 0 radical (unpaired) electrons. The van der Waals surface area contributed by atoms with E-state index in [2.05, 4.69) is 10.3 Å². The quantitative estimate of drug-likeness (QED) is 0.791. The molecule has 0 spiro atoms. The van der Waals surface area contributed by atoms with Gasteiger partial charge in [-0.3, -0.25) is 4.79 Å². The van der Waals surface area contributed by atoms with E-state index in [-0.39, 0.29) is 11.7 Å². The summed E-state index contributed by atoms with van der Waals surface area (Å²) in [6.45, 7) is 1.78. The van der Waals surface area contributed by atoms with Crippen LogP contribution in [0, 0.1) is 5.82 Å². The number of hydrogen-bond donors (Lipinski definition) is 1. The molecule has 3 rings (SSSR count). The monoisotopic (exact) mass is 284 g/mol. The van der Waals surface area contributed by atoms with Gasteiger partial charge in [-0.1, -0.05) is 13.0 Å². The number of anilines is 1. The minimum Gasteiger partial charge on any atom is -0.436 e. The molecule has 0 saturated carbocycles. The van der Waals surface area contributed by atoms with E-state index in [0.29, 0.717) is 34.7 Å². The van der Waals surface area contributed by atoms with Crippen molar-refractivity contribution in [2.24, 2.45) is 0 Å². The number of nitrogens with zero attached hydrogens (tertiary/aromatic N) is 1. The van der Waals surface area contributed by atoms with Crippen LogP contribution in [-0.4, -0.2) is 10.9 Å². The largest absolute Gasteiger partial charge is 0.436 e. The Kier molecular flexibility index (Phi) is 3.39. The number of rotatable bonds is 3. The van der Waals surface area contributed by atoms with Gasteiger partial charge in [0.15, 0.2) is 5.58 Å². The van der Waals surface area contributed by atoms with Gasteiger partial charge in [-0.2, -0.15) is 0 Å². The minimum absolute atomic E-state index is 0.0665. The Morgan fingerprint density at radius 3 is 2.90 bits per heavy atom. The van der Waals surface area contributed by atoms with Crippen molar-refractivity contribution < 1.29 is 13.6 Å². The molecule has 3 aromatic rings. The average Bonchev–Trinajstić information content (AvgIpc) is 2.90. The van der Waals surface area contributed by atoms with Gasteiger partial charge in [-0.15, -0.1) is 0 Å². The van der Waals surface area contributed by atoms with Gasteiger partial charge in [0.25, 0.3) is 0 Å². The summed E-state index contributed by atoms with van der Waals surface area (Å²) in [7, 11) is 0. The van der Waals surface area contributed by atoms with E-state index in [0.717, 1.165) is 0 Å². The van der Waals surface area contributed by atoms with Crippen molar-refractivity contribution in [2.75, 3.05) is 5.32 Å². The number of halogens is 1. The second-order valence-electron chi connectivity index (χ2n) is 4.61. The van der Waals surface area contributed by atoms with E-state index in [1.165, 1.54) is 12.1 Å². The third-order valence-electron chi connectivity index (χ3n) is 3.06. The lowest BCUT2D eigenvalue weighted by molar-refractivity contribution is -0.115. The first-order valence-electron chi connectivity index (χ1n) is 6.62. The molecule has 2 aromatic carbocycles. The van der Waals surface area contributed by atoms with Crippen LogP contribution in [0.5, 0.6) is 0 Å². The van der Waals surface area contributed by atoms with Gasteiger partial charge in [0.1, 0.15) is 11.3 Å². The highest BCUT2D eigenvalue weighted by Gasteiger charge is 2.10. The average molecular weight is 284 g/mol. The second-order valence-corrected chi connectivity index (χ2v) is 4.61. The molecule has 21 heavy (non-hydrogen) atoms. The van der Waals surface area contributed by atoms with Crippen LogP contribution in [-0.2, 0) is 4.79 Å². The van der Waals surface area contributed by atoms with Crippen LogP contribution >= 0.6 is 0 Å². The van der Waals surface area contributed by atoms with Crippen molar-refractivity contribution >= 4 is 22.7 Å². The summed E-state index contributed by atoms with van der Waals surface area (Å²) in [6.07, 6.45) is 0.408. The zero-order valence-corrected chi connectivity index (χ0v) is 11.4. The number of nitrogens with one attached hydrogen (secondary N) is 1. The number of hydrogen-bond acceptors (Lipinski definition) is 3. The first-order chi connectivity index (χ1) is 10.2. The summed E-state index contributed by atoms with van der Waals surface area (Å²) in [4.78, 5) is 15.7. The highest BCUT2D eigenvalue weighted by molar-refractivity contribution is 5.92. The van der Waals surface area contributed by atoms with Crippen molar-refractivity contribution in [2.45, 2.75) is 13.3 Å². The minimum atomic E-state index is -0.342. The number of fused-ring (bicyclic) bond motifs is 1. The highest BCUT2D eigenvalue weighted by Crippen LogP contribution is 2.26. The molecule has 0 bridgehead atoms. The van der Waals surface area contributed by atoms with Crippen LogP contribution in [0.25, 0.3) is 22.6 Å². The molecule has 0 atom stereocenters. The van der Waals surface area contributed by atoms with Crippen LogP contribution < -0.4 is 5.32 Å². The number of oxazole rings is 1.